The van der Waals surface area contributed by atoms with Crippen LogP contribution in [0.5, 0.6) is 0 Å². The van der Waals surface area contributed by atoms with E-state index in [9.17, 15) is 14.9 Å². The number of non-ortho nitro benzene ring substituents is 1. The lowest BCUT2D eigenvalue weighted by Crippen LogP contribution is -2.45. The molecule has 2 rings (SSSR count). The fraction of sp³-hybridized carbons (Fsp3) is 0.200. The lowest BCUT2D eigenvalue weighted by Gasteiger charge is -2.29. The summed E-state index contributed by atoms with van der Waals surface area (Å²) in [5, 5.41) is 17.1. The van der Waals surface area contributed by atoms with Crippen molar-refractivity contribution < 1.29 is 14.5 Å². The van der Waals surface area contributed by atoms with Gasteiger partial charge in [0.25, 0.3) is 5.69 Å². The Morgan fingerprint density at radius 2 is 2.30 bits per heavy atom. The third-order valence-electron chi connectivity index (χ3n) is 3.24. The van der Waals surface area contributed by atoms with Crippen LogP contribution in [0.1, 0.15) is 18.5 Å². The molecule has 120 valence electrons. The van der Waals surface area contributed by atoms with Crippen molar-refractivity contribution in [3.05, 3.63) is 63.9 Å². The second kappa shape index (κ2) is 7.01. The van der Waals surface area contributed by atoms with Gasteiger partial charge < -0.3 is 15.4 Å². The number of thiocarbonyl (C=S) groups is 1. The van der Waals surface area contributed by atoms with Gasteiger partial charge in [0.15, 0.2) is 5.11 Å². The van der Waals surface area contributed by atoms with Crippen molar-refractivity contribution >= 4 is 29.0 Å². The van der Waals surface area contributed by atoms with Crippen LogP contribution in [0.4, 0.5) is 5.69 Å². The fourth-order valence-corrected chi connectivity index (χ4v) is 2.52. The van der Waals surface area contributed by atoms with Crippen molar-refractivity contribution in [1.29, 1.82) is 0 Å². The number of ether oxygens (including phenoxy) is 1. The third kappa shape index (κ3) is 3.72. The number of hydrogen-bond donors (Lipinski definition) is 2. The number of allylic oxidation sites excluding steroid dienone is 1. The predicted octanol–water partition coefficient (Wildman–Crippen LogP) is 2.12. The third-order valence-corrected chi connectivity index (χ3v) is 3.46. The molecule has 1 unspecified atom stereocenters. The minimum atomic E-state index is -0.624. The normalized spacial score (nSPS) is 17.1. The Bertz CT molecular complexity index is 714. The van der Waals surface area contributed by atoms with E-state index in [1.807, 2.05) is 0 Å². The predicted molar refractivity (Wildman–Crippen MR) is 88.6 cm³/mol. The van der Waals surface area contributed by atoms with Crippen molar-refractivity contribution in [2.45, 2.75) is 13.0 Å². The van der Waals surface area contributed by atoms with E-state index in [0.29, 0.717) is 21.9 Å². The molecule has 1 aromatic rings. The quantitative estimate of drug-likeness (QED) is 0.280. The van der Waals surface area contributed by atoms with Gasteiger partial charge in [0, 0.05) is 17.8 Å². The summed E-state index contributed by atoms with van der Waals surface area (Å²) in [6.07, 6.45) is 1.46. The fourth-order valence-electron chi connectivity index (χ4n) is 2.24. The van der Waals surface area contributed by atoms with E-state index in [4.69, 9.17) is 17.0 Å². The van der Waals surface area contributed by atoms with Crippen LogP contribution >= 0.6 is 12.2 Å². The van der Waals surface area contributed by atoms with Gasteiger partial charge in [-0.15, -0.1) is 0 Å². The maximum Gasteiger partial charge on any atom is 0.338 e. The average molecular weight is 333 g/mol. The smallest absolute Gasteiger partial charge is 0.338 e. The molecule has 8 heteroatoms. The number of rotatable bonds is 5. The minimum Gasteiger partial charge on any atom is -0.458 e. The van der Waals surface area contributed by atoms with E-state index in [1.54, 1.807) is 19.1 Å². The van der Waals surface area contributed by atoms with Crippen molar-refractivity contribution in [3.63, 3.8) is 0 Å². The number of carbonyl (C=O) groups excluding carboxylic acids is 1. The Hall–Kier alpha value is -2.74. The zero-order valence-electron chi connectivity index (χ0n) is 12.4. The molecule has 0 bridgehead atoms. The van der Waals surface area contributed by atoms with Crippen LogP contribution in [0.3, 0.4) is 0 Å². The van der Waals surface area contributed by atoms with Gasteiger partial charge in [0.2, 0.25) is 0 Å². The number of nitrogens with one attached hydrogen (secondary N) is 2. The molecule has 1 aliphatic rings. The van der Waals surface area contributed by atoms with Crippen molar-refractivity contribution in [1.82, 2.24) is 10.6 Å². The number of hydrogen-bond acceptors (Lipinski definition) is 5. The Morgan fingerprint density at radius 3 is 2.96 bits per heavy atom. The lowest BCUT2D eigenvalue weighted by atomic mass is 9.95. The van der Waals surface area contributed by atoms with Crippen molar-refractivity contribution in [2.75, 3.05) is 6.61 Å². The van der Waals surface area contributed by atoms with E-state index in [2.05, 4.69) is 17.2 Å². The zero-order chi connectivity index (χ0) is 17.0. The van der Waals surface area contributed by atoms with Gasteiger partial charge in [0.1, 0.15) is 6.61 Å². The van der Waals surface area contributed by atoms with Crippen LogP contribution in [0.25, 0.3) is 0 Å². The van der Waals surface area contributed by atoms with Crippen LogP contribution in [-0.4, -0.2) is 22.6 Å². The summed E-state index contributed by atoms with van der Waals surface area (Å²) in [5.41, 5.74) is 1.35. The Morgan fingerprint density at radius 1 is 1.57 bits per heavy atom. The van der Waals surface area contributed by atoms with Crippen LogP contribution < -0.4 is 10.6 Å². The number of carbonyl (C=O) groups is 1. The average Bonchev–Trinajstić information content (AvgIpc) is 2.52. The maximum absolute atomic E-state index is 12.3. The molecule has 1 heterocycles. The van der Waals surface area contributed by atoms with Gasteiger partial charge in [-0.2, -0.15) is 0 Å². The molecule has 1 aromatic carbocycles. The Labute approximate surface area is 138 Å². The molecule has 1 aliphatic heterocycles. The minimum absolute atomic E-state index is 0.0646. The van der Waals surface area contributed by atoms with Gasteiger partial charge >= 0.3 is 5.97 Å². The SMILES string of the molecule is C=CCOC(=O)C1=C(C)NC(=S)NC1c1cccc([N+](=O)[O-])c1. The molecule has 0 amide bonds. The first kappa shape index (κ1) is 16.6. The highest BCUT2D eigenvalue weighted by molar-refractivity contribution is 7.80. The molecule has 0 aliphatic carbocycles. The molecule has 2 N–H and O–H groups in total. The summed E-state index contributed by atoms with van der Waals surface area (Å²) in [7, 11) is 0. The molecule has 7 nitrogen and oxygen atoms in total. The van der Waals surface area contributed by atoms with Gasteiger partial charge in [-0.25, -0.2) is 4.79 Å². The maximum atomic E-state index is 12.3. The van der Waals surface area contributed by atoms with E-state index in [0.717, 1.165) is 0 Å². The van der Waals surface area contributed by atoms with Crippen LogP contribution in [0, 0.1) is 10.1 Å². The first-order valence-corrected chi connectivity index (χ1v) is 7.15. The zero-order valence-corrected chi connectivity index (χ0v) is 13.2. The number of benzene rings is 1. The Kier molecular flexibility index (Phi) is 5.07. The van der Waals surface area contributed by atoms with Gasteiger partial charge in [0.05, 0.1) is 16.5 Å². The molecule has 0 fully saturated rings. The molecule has 0 radical (unpaired) electrons. The van der Waals surface area contributed by atoms with E-state index < -0.39 is 16.9 Å². The first-order valence-electron chi connectivity index (χ1n) is 6.74. The standard InChI is InChI=1S/C15H15N3O4S/c1-3-7-22-14(19)12-9(2)16-15(23)17-13(12)10-5-4-6-11(8-10)18(20)21/h3-6,8,13H,1,7H2,2H3,(H2,16,17,23). The molecule has 23 heavy (non-hydrogen) atoms. The van der Waals surface area contributed by atoms with E-state index in [-0.39, 0.29) is 12.3 Å². The molecule has 1 atom stereocenters. The van der Waals surface area contributed by atoms with Crippen molar-refractivity contribution in [3.8, 4) is 0 Å². The monoisotopic (exact) mass is 333 g/mol. The summed E-state index contributed by atoms with van der Waals surface area (Å²) in [4.78, 5) is 22.8. The molecule has 0 saturated heterocycles. The van der Waals surface area contributed by atoms with Crippen molar-refractivity contribution in [2.24, 2.45) is 0 Å². The molecular formula is C15H15N3O4S. The highest BCUT2D eigenvalue weighted by Gasteiger charge is 2.31. The second-order valence-electron chi connectivity index (χ2n) is 4.81. The first-order chi connectivity index (χ1) is 10.9. The molecule has 0 aromatic heterocycles. The summed E-state index contributed by atoms with van der Waals surface area (Å²) in [6.45, 7) is 5.26. The topological polar surface area (TPSA) is 93.5 Å². The van der Waals surface area contributed by atoms with E-state index >= 15 is 0 Å². The number of nitro benzene ring substituents is 1. The number of nitro groups is 1. The molecular weight excluding hydrogens is 318 g/mol. The highest BCUT2D eigenvalue weighted by Crippen LogP contribution is 2.29. The van der Waals surface area contributed by atoms with Gasteiger partial charge in [-0.1, -0.05) is 24.8 Å². The molecule has 0 spiro atoms. The Balaban J connectivity index is 2.44. The summed E-state index contributed by atoms with van der Waals surface area (Å²) in [5.74, 6) is -0.540. The number of esters is 1. The second-order valence-corrected chi connectivity index (χ2v) is 5.22. The lowest BCUT2D eigenvalue weighted by molar-refractivity contribution is -0.384. The van der Waals surface area contributed by atoms with E-state index in [1.165, 1.54) is 18.2 Å². The molecule has 0 saturated carbocycles. The number of nitrogens with zero attached hydrogens (tertiary/aromatic N) is 1. The van der Waals surface area contributed by atoms with Crippen LogP contribution in [-0.2, 0) is 9.53 Å². The van der Waals surface area contributed by atoms with Gasteiger partial charge in [-0.3, -0.25) is 10.1 Å². The van der Waals surface area contributed by atoms with Gasteiger partial charge in [-0.05, 0) is 24.7 Å². The largest absolute Gasteiger partial charge is 0.458 e. The van der Waals surface area contributed by atoms with Crippen LogP contribution in [0.15, 0.2) is 48.2 Å². The summed E-state index contributed by atoms with van der Waals surface area (Å²) in [6, 6.07) is 5.41. The summed E-state index contributed by atoms with van der Waals surface area (Å²) < 4.78 is 5.09. The summed E-state index contributed by atoms with van der Waals surface area (Å²) >= 11 is 5.11. The van der Waals surface area contributed by atoms with Crippen LogP contribution in [0.2, 0.25) is 0 Å². The highest BCUT2D eigenvalue weighted by atomic mass is 32.1.